The maximum atomic E-state index is 12.8. The number of benzene rings is 2. The third-order valence-corrected chi connectivity index (χ3v) is 5.65. The fourth-order valence-corrected chi connectivity index (χ4v) is 4.03. The van der Waals surface area contributed by atoms with Crippen LogP contribution in [0.2, 0.25) is 5.02 Å². The van der Waals surface area contributed by atoms with E-state index in [0.717, 1.165) is 5.56 Å². The highest BCUT2D eigenvalue weighted by Gasteiger charge is 2.40. The Bertz CT molecular complexity index is 1040. The summed E-state index contributed by atoms with van der Waals surface area (Å²) in [5.41, 5.74) is 1.58. The number of amides is 2. The number of hydrogen-bond donors (Lipinski definition) is 2. The Morgan fingerprint density at radius 1 is 1.17 bits per heavy atom. The Morgan fingerprint density at radius 3 is 2.63 bits per heavy atom. The van der Waals surface area contributed by atoms with E-state index in [-0.39, 0.29) is 13.0 Å². The van der Waals surface area contributed by atoms with Crippen LogP contribution in [0.4, 0.5) is 9.93 Å². The number of carbonyl (C=O) groups is 2. The number of β-amino-alcohol motifs (C(OH)–C–C–N with tert-alkyl or cyclic N) is 1. The van der Waals surface area contributed by atoms with Gasteiger partial charge in [0.15, 0.2) is 5.13 Å². The van der Waals surface area contributed by atoms with E-state index in [1.165, 1.54) is 16.2 Å². The third kappa shape index (κ3) is 4.62. The van der Waals surface area contributed by atoms with Crippen LogP contribution in [0.25, 0.3) is 11.3 Å². The standard InChI is InChI=1S/C21H18ClN3O4S/c22-14-8-6-13(7-9-14)17-12-30-20(23-17)24-19(27)18-10-15(26)11-25(18)21(28)29-16-4-2-1-3-5-16/h1-9,12,15,18,26H,10-11H2,(H,23,24,27)/t15-,18-/m0/s1. The Labute approximate surface area is 181 Å². The SMILES string of the molecule is O=C(Nc1nc(-c2ccc(Cl)cc2)cs1)[C@@H]1C[C@H](O)CN1C(=O)Oc1ccccc1. The van der Waals surface area contributed by atoms with Gasteiger partial charge < -0.3 is 15.2 Å². The third-order valence-electron chi connectivity index (χ3n) is 4.64. The van der Waals surface area contributed by atoms with Crippen molar-refractivity contribution in [3.05, 3.63) is 65.0 Å². The van der Waals surface area contributed by atoms with Crippen LogP contribution in [-0.2, 0) is 4.79 Å². The van der Waals surface area contributed by atoms with E-state index >= 15 is 0 Å². The van der Waals surface area contributed by atoms with Crippen molar-refractivity contribution in [1.82, 2.24) is 9.88 Å². The van der Waals surface area contributed by atoms with Crippen LogP contribution < -0.4 is 10.1 Å². The molecule has 7 nitrogen and oxygen atoms in total. The molecule has 0 bridgehead atoms. The van der Waals surface area contributed by atoms with Crippen molar-refractivity contribution >= 4 is 40.1 Å². The molecule has 0 aliphatic carbocycles. The zero-order chi connectivity index (χ0) is 21.1. The lowest BCUT2D eigenvalue weighted by molar-refractivity contribution is -0.119. The molecule has 2 heterocycles. The number of aliphatic hydroxyl groups is 1. The Kier molecular flexibility index (Phi) is 5.98. The summed E-state index contributed by atoms with van der Waals surface area (Å²) in [7, 11) is 0. The number of nitrogens with zero attached hydrogens (tertiary/aromatic N) is 2. The molecule has 30 heavy (non-hydrogen) atoms. The molecule has 1 aliphatic rings. The minimum Gasteiger partial charge on any atom is -0.410 e. The van der Waals surface area contributed by atoms with Crippen LogP contribution in [0, 0.1) is 0 Å². The number of likely N-dealkylation sites (tertiary alicyclic amines) is 1. The van der Waals surface area contributed by atoms with Gasteiger partial charge in [0.25, 0.3) is 0 Å². The van der Waals surface area contributed by atoms with Gasteiger partial charge in [-0.25, -0.2) is 9.78 Å². The number of thiazole rings is 1. The van der Waals surface area contributed by atoms with Crippen LogP contribution in [0.15, 0.2) is 60.0 Å². The first kappa shape index (κ1) is 20.3. The quantitative estimate of drug-likeness (QED) is 0.635. The lowest BCUT2D eigenvalue weighted by Gasteiger charge is -2.22. The van der Waals surface area contributed by atoms with E-state index in [9.17, 15) is 14.7 Å². The molecule has 9 heteroatoms. The van der Waals surface area contributed by atoms with Gasteiger partial charge in [-0.15, -0.1) is 11.3 Å². The summed E-state index contributed by atoms with van der Waals surface area (Å²) in [4.78, 5) is 31.0. The van der Waals surface area contributed by atoms with Crippen molar-refractivity contribution in [1.29, 1.82) is 0 Å². The normalized spacial score (nSPS) is 18.3. The molecule has 154 valence electrons. The van der Waals surface area contributed by atoms with Gasteiger partial charge in [0, 0.05) is 22.4 Å². The van der Waals surface area contributed by atoms with Crippen molar-refractivity contribution in [3.63, 3.8) is 0 Å². The van der Waals surface area contributed by atoms with Gasteiger partial charge in [0.1, 0.15) is 11.8 Å². The van der Waals surface area contributed by atoms with Gasteiger partial charge in [-0.2, -0.15) is 0 Å². The zero-order valence-corrected chi connectivity index (χ0v) is 17.3. The predicted molar refractivity (Wildman–Crippen MR) is 115 cm³/mol. The summed E-state index contributed by atoms with van der Waals surface area (Å²) in [5, 5.41) is 15.6. The fraction of sp³-hybridized carbons (Fsp3) is 0.190. The maximum absolute atomic E-state index is 12.8. The summed E-state index contributed by atoms with van der Waals surface area (Å²) in [6.07, 6.45) is -1.35. The minimum atomic E-state index is -0.848. The number of carbonyl (C=O) groups excluding carboxylic acids is 2. The maximum Gasteiger partial charge on any atom is 0.416 e. The van der Waals surface area contributed by atoms with E-state index in [2.05, 4.69) is 10.3 Å². The van der Waals surface area contributed by atoms with E-state index in [1.807, 2.05) is 17.5 Å². The number of para-hydroxylation sites is 1. The number of rotatable bonds is 4. The van der Waals surface area contributed by atoms with Crippen molar-refractivity contribution in [2.24, 2.45) is 0 Å². The molecule has 1 aromatic heterocycles. The van der Waals surface area contributed by atoms with Crippen LogP contribution >= 0.6 is 22.9 Å². The van der Waals surface area contributed by atoms with Gasteiger partial charge in [-0.3, -0.25) is 9.69 Å². The number of aliphatic hydroxyl groups excluding tert-OH is 1. The molecule has 2 amide bonds. The number of anilines is 1. The highest BCUT2D eigenvalue weighted by molar-refractivity contribution is 7.14. The topological polar surface area (TPSA) is 91.8 Å². The van der Waals surface area contributed by atoms with Crippen LogP contribution in [0.3, 0.4) is 0 Å². The first-order valence-corrected chi connectivity index (χ1v) is 10.5. The number of halogens is 1. The second-order valence-corrected chi connectivity index (χ2v) is 8.07. The van der Waals surface area contributed by atoms with Crippen molar-refractivity contribution in [2.45, 2.75) is 18.6 Å². The first-order valence-electron chi connectivity index (χ1n) is 9.23. The highest BCUT2D eigenvalue weighted by Crippen LogP contribution is 2.27. The number of aromatic nitrogens is 1. The van der Waals surface area contributed by atoms with Gasteiger partial charge in [-0.05, 0) is 24.3 Å². The molecule has 2 aromatic carbocycles. The second kappa shape index (κ2) is 8.83. The highest BCUT2D eigenvalue weighted by atomic mass is 35.5. The number of nitrogens with one attached hydrogen (secondary N) is 1. The largest absolute Gasteiger partial charge is 0.416 e. The second-order valence-electron chi connectivity index (χ2n) is 6.77. The molecule has 0 saturated carbocycles. The summed E-state index contributed by atoms with van der Waals surface area (Å²) in [6.45, 7) is 0.0254. The van der Waals surface area contributed by atoms with Crippen LogP contribution in [0.1, 0.15) is 6.42 Å². The van der Waals surface area contributed by atoms with Crippen LogP contribution in [-0.4, -0.2) is 45.7 Å². The molecular formula is C21H18ClN3O4S. The van der Waals surface area contributed by atoms with Gasteiger partial charge in [-0.1, -0.05) is 41.9 Å². The van der Waals surface area contributed by atoms with Crippen molar-refractivity contribution in [3.8, 4) is 17.0 Å². The molecule has 2 N–H and O–H groups in total. The summed E-state index contributed by atoms with van der Waals surface area (Å²) < 4.78 is 5.32. The van der Waals surface area contributed by atoms with E-state index in [4.69, 9.17) is 16.3 Å². The molecule has 1 aliphatic heterocycles. The van der Waals surface area contributed by atoms with E-state index < -0.39 is 24.1 Å². The average molecular weight is 444 g/mol. The molecule has 1 fully saturated rings. The average Bonchev–Trinajstić information content (AvgIpc) is 3.36. The molecular weight excluding hydrogens is 426 g/mol. The van der Waals surface area contributed by atoms with Gasteiger partial charge >= 0.3 is 6.09 Å². The lowest BCUT2D eigenvalue weighted by Crippen LogP contribution is -2.44. The van der Waals surface area contributed by atoms with Crippen LogP contribution in [0.5, 0.6) is 5.75 Å². The monoisotopic (exact) mass is 443 g/mol. The summed E-state index contributed by atoms with van der Waals surface area (Å²) >= 11 is 7.19. The Morgan fingerprint density at radius 2 is 1.90 bits per heavy atom. The Balaban J connectivity index is 1.44. The zero-order valence-electron chi connectivity index (χ0n) is 15.7. The number of hydrogen-bond acceptors (Lipinski definition) is 6. The van der Waals surface area contributed by atoms with Gasteiger partial charge in [0.2, 0.25) is 5.91 Å². The smallest absolute Gasteiger partial charge is 0.410 e. The van der Waals surface area contributed by atoms with Crippen molar-refractivity contribution in [2.75, 3.05) is 11.9 Å². The molecule has 3 aromatic rings. The molecule has 1 saturated heterocycles. The molecule has 2 atom stereocenters. The van der Waals surface area contributed by atoms with E-state index in [1.54, 1.807) is 42.5 Å². The predicted octanol–water partition coefficient (Wildman–Crippen LogP) is 4.04. The number of ether oxygens (including phenoxy) is 1. The minimum absolute atomic E-state index is 0.0254. The molecule has 0 unspecified atom stereocenters. The fourth-order valence-electron chi connectivity index (χ4n) is 3.19. The van der Waals surface area contributed by atoms with E-state index in [0.29, 0.717) is 21.6 Å². The summed E-state index contributed by atoms with van der Waals surface area (Å²) in [5.74, 6) is -0.0517. The lowest BCUT2D eigenvalue weighted by atomic mass is 10.2. The van der Waals surface area contributed by atoms with Gasteiger partial charge in [0.05, 0.1) is 18.3 Å². The molecule has 0 radical (unpaired) electrons. The summed E-state index contributed by atoms with van der Waals surface area (Å²) in [6, 6.07) is 15.0. The molecule has 4 rings (SSSR count). The Hall–Kier alpha value is -2.94. The molecule has 0 spiro atoms. The first-order chi connectivity index (χ1) is 14.5. The van der Waals surface area contributed by atoms with Crippen molar-refractivity contribution < 1.29 is 19.4 Å².